The Morgan fingerprint density at radius 1 is 0.911 bits per heavy atom. The van der Waals surface area contributed by atoms with Crippen molar-refractivity contribution < 1.29 is 9.90 Å². The van der Waals surface area contributed by atoms with Gasteiger partial charge < -0.3 is 10.0 Å². The van der Waals surface area contributed by atoms with Crippen LogP contribution in [0.2, 0.25) is 0 Å². The van der Waals surface area contributed by atoms with Crippen molar-refractivity contribution in [1.29, 1.82) is 5.26 Å². The van der Waals surface area contributed by atoms with Crippen molar-refractivity contribution in [3.05, 3.63) is 136 Å². The van der Waals surface area contributed by atoms with Crippen LogP contribution in [0.1, 0.15) is 61.3 Å². The van der Waals surface area contributed by atoms with Gasteiger partial charge in [0.15, 0.2) is 0 Å². The number of hydrogen-bond acceptors (Lipinski definition) is 3. The van der Waals surface area contributed by atoms with Gasteiger partial charge in [-0.2, -0.15) is 5.26 Å². The van der Waals surface area contributed by atoms with Crippen molar-refractivity contribution in [2.75, 3.05) is 4.90 Å². The van der Waals surface area contributed by atoms with E-state index in [0.29, 0.717) is 21.5 Å². The molecule has 1 fully saturated rings. The summed E-state index contributed by atoms with van der Waals surface area (Å²) in [6.07, 6.45) is 9.25. The quantitative estimate of drug-likeness (QED) is 0.141. The molecule has 4 nitrogen and oxygen atoms in total. The molecule has 2 aliphatic carbocycles. The molecule has 0 aromatic heterocycles. The molecule has 2 atom stereocenters. The molecular formula is C40H32N2O2Si. The molecule has 2 aliphatic heterocycles. The maximum Gasteiger partial charge on any atom is 0.346 e. The highest BCUT2D eigenvalue weighted by atomic mass is 28.2. The fourth-order valence-electron chi connectivity index (χ4n) is 8.01. The van der Waals surface area contributed by atoms with Crippen LogP contribution in [0, 0.1) is 11.3 Å². The van der Waals surface area contributed by atoms with E-state index < -0.39 is 5.97 Å². The lowest BCUT2D eigenvalue weighted by Crippen LogP contribution is -2.26. The van der Waals surface area contributed by atoms with E-state index in [-0.39, 0.29) is 11.0 Å². The SMILES string of the molecule is CC1(C)c2cc(C3=CC=C(/C=C(/C#N)C(=O)O)[Si]3)ccc2-c2ccc(-c3ccc4c(c3)C3CCCC3N4c3ccccc3)cc21. The molecule has 4 aromatic rings. The van der Waals surface area contributed by atoms with Gasteiger partial charge in [0.05, 0.1) is 0 Å². The molecule has 1 N–H and O–H groups in total. The number of anilines is 2. The van der Waals surface area contributed by atoms with E-state index in [1.165, 1.54) is 75.7 Å². The first kappa shape index (κ1) is 27.6. The van der Waals surface area contributed by atoms with Gasteiger partial charge in [-0.3, -0.25) is 0 Å². The zero-order chi connectivity index (χ0) is 30.9. The predicted molar refractivity (Wildman–Crippen MR) is 182 cm³/mol. The molecule has 0 amide bonds. The van der Waals surface area contributed by atoms with Crippen molar-refractivity contribution in [1.82, 2.24) is 0 Å². The van der Waals surface area contributed by atoms with Crippen molar-refractivity contribution in [3.8, 4) is 28.3 Å². The number of aliphatic carboxylic acids is 1. The highest BCUT2D eigenvalue weighted by Crippen LogP contribution is 2.54. The van der Waals surface area contributed by atoms with E-state index in [1.54, 1.807) is 6.07 Å². The normalized spacial score (nSPS) is 20.6. The van der Waals surface area contributed by atoms with Gasteiger partial charge in [-0.1, -0.05) is 97.4 Å². The maximum absolute atomic E-state index is 11.3. The first-order valence-corrected chi connectivity index (χ1v) is 16.7. The average molecular weight is 601 g/mol. The minimum Gasteiger partial charge on any atom is -0.477 e. The molecule has 8 rings (SSSR count). The summed E-state index contributed by atoms with van der Waals surface area (Å²) in [5.74, 6) is -0.606. The Hall–Kier alpha value is -4.92. The second-order valence-electron chi connectivity index (χ2n) is 13.0. The molecule has 0 saturated heterocycles. The first-order valence-electron chi connectivity index (χ1n) is 15.7. The van der Waals surface area contributed by atoms with Crippen molar-refractivity contribution in [2.24, 2.45) is 0 Å². The van der Waals surface area contributed by atoms with Gasteiger partial charge in [-0.25, -0.2) is 4.79 Å². The number of carbonyl (C=O) groups is 1. The lowest BCUT2D eigenvalue weighted by Gasteiger charge is -2.27. The maximum atomic E-state index is 11.3. The number of fused-ring (bicyclic) bond motifs is 6. The van der Waals surface area contributed by atoms with Crippen LogP contribution in [0.25, 0.3) is 27.5 Å². The monoisotopic (exact) mass is 600 g/mol. The smallest absolute Gasteiger partial charge is 0.346 e. The van der Waals surface area contributed by atoms with Crippen molar-refractivity contribution in [2.45, 2.75) is 50.5 Å². The summed E-state index contributed by atoms with van der Waals surface area (Å²) >= 11 is 0. The molecule has 2 unspecified atom stereocenters. The molecule has 5 heteroatoms. The molecular weight excluding hydrogens is 569 g/mol. The molecule has 0 bridgehead atoms. The second kappa shape index (κ2) is 10.3. The van der Waals surface area contributed by atoms with Gasteiger partial charge in [0, 0.05) is 28.7 Å². The third-order valence-corrected chi connectivity index (χ3v) is 11.5. The summed E-state index contributed by atoms with van der Waals surface area (Å²) < 4.78 is 0. The van der Waals surface area contributed by atoms with Crippen LogP contribution in [0.3, 0.4) is 0 Å². The third-order valence-electron chi connectivity index (χ3n) is 10.2. The largest absolute Gasteiger partial charge is 0.477 e. The molecule has 2 radical (unpaired) electrons. The molecule has 1 saturated carbocycles. The number of allylic oxidation sites excluding steroid dienone is 4. The highest BCUT2D eigenvalue weighted by molar-refractivity contribution is 6.70. The van der Waals surface area contributed by atoms with Crippen molar-refractivity contribution in [3.63, 3.8) is 0 Å². The Balaban J connectivity index is 1.10. The van der Waals surface area contributed by atoms with Gasteiger partial charge in [0.1, 0.15) is 21.2 Å². The minimum absolute atomic E-state index is 0.163. The van der Waals surface area contributed by atoms with Gasteiger partial charge in [0.25, 0.3) is 0 Å². The standard InChI is InChI=1S/C40H32N2O2Si/c1-40(2)34-21-25(24-13-17-37-33(20-24)32-9-6-10-36(32)42(37)28-7-4-3-5-8-28)11-15-30(34)31-16-12-26(22-35(31)40)38-18-14-29(45-38)19-27(23-41)39(43)44/h3-5,7-8,11-22,32,36H,6,9-10H2,1-2H3,(H,43,44)/b27-19-. The summed E-state index contributed by atoms with van der Waals surface area (Å²) in [5.41, 5.74) is 12.7. The predicted octanol–water partition coefficient (Wildman–Crippen LogP) is 8.92. The first-order chi connectivity index (χ1) is 21.8. The van der Waals surface area contributed by atoms with Crippen LogP contribution in [0.15, 0.2) is 114 Å². The zero-order valence-electron chi connectivity index (χ0n) is 25.3. The Morgan fingerprint density at radius 2 is 1.60 bits per heavy atom. The van der Waals surface area contributed by atoms with E-state index in [4.69, 9.17) is 5.26 Å². The second-order valence-corrected chi connectivity index (χ2v) is 14.4. The Kier molecular flexibility index (Phi) is 6.34. The molecule has 218 valence electrons. The fourth-order valence-corrected chi connectivity index (χ4v) is 9.17. The van der Waals surface area contributed by atoms with Gasteiger partial charge in [-0.05, 0) is 93.8 Å². The van der Waals surface area contributed by atoms with Gasteiger partial charge >= 0.3 is 5.97 Å². The molecule has 2 heterocycles. The van der Waals surface area contributed by atoms with E-state index in [1.807, 2.05) is 6.08 Å². The summed E-state index contributed by atoms with van der Waals surface area (Å²) in [4.78, 5) is 13.9. The molecule has 4 aliphatic rings. The molecule has 4 aromatic carbocycles. The summed E-state index contributed by atoms with van der Waals surface area (Å²) in [6, 6.07) is 34.0. The van der Waals surface area contributed by atoms with Crippen LogP contribution < -0.4 is 4.90 Å². The van der Waals surface area contributed by atoms with Crippen LogP contribution >= 0.6 is 0 Å². The van der Waals surface area contributed by atoms with E-state index in [2.05, 4.69) is 110 Å². The fraction of sp³-hybridized carbons (Fsp3) is 0.200. The number of nitrogens with zero attached hydrogens (tertiary/aromatic N) is 2. The zero-order valence-corrected chi connectivity index (χ0v) is 26.3. The number of hydrogen-bond donors (Lipinski definition) is 1. The van der Waals surface area contributed by atoms with Crippen LogP contribution in [-0.4, -0.2) is 26.6 Å². The summed E-state index contributed by atoms with van der Waals surface area (Å²) in [7, 11) is 0.311. The minimum atomic E-state index is -1.19. The van der Waals surface area contributed by atoms with E-state index >= 15 is 0 Å². The number of rotatable bonds is 5. The third kappa shape index (κ3) is 4.35. The summed E-state index contributed by atoms with van der Waals surface area (Å²) in [5, 5.41) is 20.4. The average Bonchev–Trinajstić information content (AvgIpc) is 3.83. The van der Waals surface area contributed by atoms with E-state index in [9.17, 15) is 9.90 Å². The number of benzene rings is 4. The Labute approximate surface area is 266 Å². The molecule has 45 heavy (non-hydrogen) atoms. The number of para-hydroxylation sites is 1. The Bertz CT molecular complexity index is 2050. The van der Waals surface area contributed by atoms with Gasteiger partial charge in [-0.15, -0.1) is 0 Å². The molecule has 0 spiro atoms. The van der Waals surface area contributed by atoms with Gasteiger partial charge in [0.2, 0.25) is 0 Å². The lowest BCUT2D eigenvalue weighted by atomic mass is 9.81. The van der Waals surface area contributed by atoms with Crippen molar-refractivity contribution >= 4 is 32.1 Å². The van der Waals surface area contributed by atoms with Crippen LogP contribution in [-0.2, 0) is 10.2 Å². The topological polar surface area (TPSA) is 64.3 Å². The number of carboxylic acids is 1. The van der Waals surface area contributed by atoms with Crippen LogP contribution in [0.4, 0.5) is 11.4 Å². The van der Waals surface area contributed by atoms with E-state index in [0.717, 1.165) is 16.0 Å². The summed E-state index contributed by atoms with van der Waals surface area (Å²) in [6.45, 7) is 4.64. The highest BCUT2D eigenvalue weighted by Gasteiger charge is 2.42. The lowest BCUT2D eigenvalue weighted by molar-refractivity contribution is -0.132. The number of carboxylic acid groups (broad SMARTS) is 1. The number of nitriles is 1. The van der Waals surface area contributed by atoms with Crippen LogP contribution in [0.5, 0.6) is 0 Å². The Morgan fingerprint density at radius 3 is 2.33 bits per heavy atom.